The zero-order valence-corrected chi connectivity index (χ0v) is 8.18. The normalized spacial score (nSPS) is 23.0. The van der Waals surface area contributed by atoms with E-state index in [4.69, 9.17) is 4.74 Å². The van der Waals surface area contributed by atoms with Gasteiger partial charge >= 0.3 is 0 Å². The Kier molecular flexibility index (Phi) is 3.53. The van der Waals surface area contributed by atoms with Gasteiger partial charge in [-0.15, -0.1) is 0 Å². The van der Waals surface area contributed by atoms with Crippen LogP contribution in [0, 0.1) is 0 Å². The van der Waals surface area contributed by atoms with Crippen LogP contribution in [-0.2, 0) is 4.74 Å². The SMILES string of the molecule is CC(C)OC1(CO)CCCCC1. The van der Waals surface area contributed by atoms with Gasteiger partial charge < -0.3 is 9.84 Å². The van der Waals surface area contributed by atoms with Crippen LogP contribution in [0.15, 0.2) is 0 Å². The van der Waals surface area contributed by atoms with E-state index in [1.54, 1.807) is 0 Å². The molecule has 0 aliphatic heterocycles. The van der Waals surface area contributed by atoms with Crippen LogP contribution in [0.25, 0.3) is 0 Å². The number of aliphatic hydroxyl groups excluding tert-OH is 1. The molecule has 0 aromatic carbocycles. The maximum atomic E-state index is 9.27. The van der Waals surface area contributed by atoms with Gasteiger partial charge in [0.15, 0.2) is 0 Å². The van der Waals surface area contributed by atoms with Crippen molar-refractivity contribution in [3.63, 3.8) is 0 Å². The van der Waals surface area contributed by atoms with Crippen molar-refractivity contribution in [2.75, 3.05) is 6.61 Å². The first-order chi connectivity index (χ1) is 5.68. The fourth-order valence-electron chi connectivity index (χ4n) is 2.01. The van der Waals surface area contributed by atoms with Crippen molar-refractivity contribution in [1.82, 2.24) is 0 Å². The Morgan fingerprint density at radius 2 is 1.83 bits per heavy atom. The molecule has 2 nitrogen and oxygen atoms in total. The molecule has 0 radical (unpaired) electrons. The molecule has 1 aliphatic carbocycles. The average molecular weight is 172 g/mol. The third-order valence-electron chi connectivity index (χ3n) is 2.54. The van der Waals surface area contributed by atoms with Gasteiger partial charge in [0.25, 0.3) is 0 Å². The lowest BCUT2D eigenvalue weighted by molar-refractivity contribution is -0.127. The summed E-state index contributed by atoms with van der Waals surface area (Å²) in [4.78, 5) is 0. The van der Waals surface area contributed by atoms with E-state index in [1.165, 1.54) is 19.3 Å². The summed E-state index contributed by atoms with van der Waals surface area (Å²) in [7, 11) is 0. The number of hydrogen-bond acceptors (Lipinski definition) is 2. The zero-order chi connectivity index (χ0) is 9.03. The predicted molar refractivity (Wildman–Crippen MR) is 49.1 cm³/mol. The van der Waals surface area contributed by atoms with Gasteiger partial charge in [0.05, 0.1) is 18.3 Å². The Labute approximate surface area is 74.9 Å². The molecule has 0 aromatic heterocycles. The largest absolute Gasteiger partial charge is 0.393 e. The molecule has 1 N–H and O–H groups in total. The molecule has 0 amide bonds. The maximum Gasteiger partial charge on any atom is 0.0915 e. The van der Waals surface area contributed by atoms with E-state index in [0.29, 0.717) is 0 Å². The lowest BCUT2D eigenvalue weighted by Gasteiger charge is -2.37. The number of hydrogen-bond donors (Lipinski definition) is 1. The summed E-state index contributed by atoms with van der Waals surface area (Å²) in [6, 6.07) is 0. The second-order valence-corrected chi connectivity index (χ2v) is 4.07. The average Bonchev–Trinajstić information content (AvgIpc) is 2.05. The minimum Gasteiger partial charge on any atom is -0.393 e. The molecule has 0 aromatic rings. The van der Waals surface area contributed by atoms with Crippen molar-refractivity contribution in [2.24, 2.45) is 0 Å². The molecule has 0 saturated heterocycles. The smallest absolute Gasteiger partial charge is 0.0915 e. The molecule has 0 bridgehead atoms. The zero-order valence-electron chi connectivity index (χ0n) is 8.18. The molecule has 1 rings (SSSR count). The Hall–Kier alpha value is -0.0800. The lowest BCUT2D eigenvalue weighted by Crippen LogP contribution is -2.40. The molecular weight excluding hydrogens is 152 g/mol. The van der Waals surface area contributed by atoms with Crippen LogP contribution in [0.5, 0.6) is 0 Å². The first-order valence-electron chi connectivity index (χ1n) is 4.97. The first-order valence-corrected chi connectivity index (χ1v) is 4.97. The number of ether oxygens (including phenoxy) is 1. The molecule has 2 heteroatoms. The second kappa shape index (κ2) is 4.24. The maximum absolute atomic E-state index is 9.27. The van der Waals surface area contributed by atoms with E-state index < -0.39 is 0 Å². The fourth-order valence-corrected chi connectivity index (χ4v) is 2.01. The van der Waals surface area contributed by atoms with Crippen LogP contribution < -0.4 is 0 Å². The van der Waals surface area contributed by atoms with Gasteiger partial charge in [-0.25, -0.2) is 0 Å². The third kappa shape index (κ3) is 2.46. The van der Waals surface area contributed by atoms with Gasteiger partial charge in [-0.3, -0.25) is 0 Å². The van der Waals surface area contributed by atoms with Crippen LogP contribution in [0.3, 0.4) is 0 Å². The third-order valence-corrected chi connectivity index (χ3v) is 2.54. The monoisotopic (exact) mass is 172 g/mol. The standard InChI is InChI=1S/C10H20O2/c1-9(2)12-10(8-11)6-4-3-5-7-10/h9,11H,3-8H2,1-2H3. The van der Waals surface area contributed by atoms with E-state index in [-0.39, 0.29) is 18.3 Å². The van der Waals surface area contributed by atoms with Gasteiger partial charge in [-0.1, -0.05) is 19.3 Å². The van der Waals surface area contributed by atoms with Crippen LogP contribution >= 0.6 is 0 Å². The van der Waals surface area contributed by atoms with Crippen LogP contribution in [-0.4, -0.2) is 23.4 Å². The van der Waals surface area contributed by atoms with Crippen molar-refractivity contribution < 1.29 is 9.84 Å². The molecule has 0 heterocycles. The fraction of sp³-hybridized carbons (Fsp3) is 1.00. The molecule has 1 saturated carbocycles. The number of aliphatic hydroxyl groups is 1. The minimum absolute atomic E-state index is 0.186. The van der Waals surface area contributed by atoms with Gasteiger partial charge in [-0.05, 0) is 26.7 Å². The summed E-state index contributed by atoms with van der Waals surface area (Å²) in [5.41, 5.74) is -0.202. The summed E-state index contributed by atoms with van der Waals surface area (Å²) >= 11 is 0. The Morgan fingerprint density at radius 1 is 1.25 bits per heavy atom. The molecule has 0 unspecified atom stereocenters. The summed E-state index contributed by atoms with van der Waals surface area (Å²) in [5.74, 6) is 0. The van der Waals surface area contributed by atoms with Crippen molar-refractivity contribution in [1.29, 1.82) is 0 Å². The summed E-state index contributed by atoms with van der Waals surface area (Å²) in [6.45, 7) is 4.25. The molecule has 72 valence electrons. The summed E-state index contributed by atoms with van der Waals surface area (Å²) in [6.07, 6.45) is 5.99. The predicted octanol–water partition coefficient (Wildman–Crippen LogP) is 2.11. The van der Waals surface area contributed by atoms with Crippen molar-refractivity contribution in [3.8, 4) is 0 Å². The lowest BCUT2D eigenvalue weighted by atomic mass is 9.85. The highest BCUT2D eigenvalue weighted by atomic mass is 16.5. The van der Waals surface area contributed by atoms with Crippen molar-refractivity contribution in [3.05, 3.63) is 0 Å². The quantitative estimate of drug-likeness (QED) is 0.706. The Balaban J connectivity index is 2.48. The molecular formula is C10H20O2. The molecule has 1 fully saturated rings. The Bertz CT molecular complexity index is 126. The van der Waals surface area contributed by atoms with Crippen LogP contribution in [0.4, 0.5) is 0 Å². The second-order valence-electron chi connectivity index (χ2n) is 4.07. The molecule has 0 spiro atoms. The molecule has 1 aliphatic rings. The number of rotatable bonds is 3. The first kappa shape index (κ1) is 10.0. The summed E-state index contributed by atoms with van der Waals surface area (Å²) < 4.78 is 5.78. The highest BCUT2D eigenvalue weighted by Crippen LogP contribution is 2.32. The molecule has 12 heavy (non-hydrogen) atoms. The minimum atomic E-state index is -0.202. The van der Waals surface area contributed by atoms with Crippen LogP contribution in [0.2, 0.25) is 0 Å². The highest BCUT2D eigenvalue weighted by molar-refractivity contribution is 4.84. The van der Waals surface area contributed by atoms with Crippen molar-refractivity contribution >= 4 is 0 Å². The summed E-state index contributed by atoms with van der Waals surface area (Å²) in [5, 5.41) is 9.27. The van der Waals surface area contributed by atoms with Gasteiger partial charge in [0, 0.05) is 0 Å². The van der Waals surface area contributed by atoms with Gasteiger partial charge in [0.2, 0.25) is 0 Å². The van der Waals surface area contributed by atoms with Gasteiger partial charge in [0.1, 0.15) is 0 Å². The highest BCUT2D eigenvalue weighted by Gasteiger charge is 2.32. The topological polar surface area (TPSA) is 29.5 Å². The van der Waals surface area contributed by atoms with E-state index >= 15 is 0 Å². The van der Waals surface area contributed by atoms with Crippen LogP contribution in [0.1, 0.15) is 46.0 Å². The van der Waals surface area contributed by atoms with E-state index in [2.05, 4.69) is 0 Å². The van der Waals surface area contributed by atoms with E-state index in [9.17, 15) is 5.11 Å². The van der Waals surface area contributed by atoms with Gasteiger partial charge in [-0.2, -0.15) is 0 Å². The van der Waals surface area contributed by atoms with E-state index in [1.807, 2.05) is 13.8 Å². The van der Waals surface area contributed by atoms with E-state index in [0.717, 1.165) is 12.8 Å². The molecule has 0 atom stereocenters. The van der Waals surface area contributed by atoms with Crippen molar-refractivity contribution in [2.45, 2.75) is 57.7 Å². The Morgan fingerprint density at radius 3 is 2.25 bits per heavy atom.